The maximum Gasteiger partial charge on any atom is 0.346 e. The lowest BCUT2D eigenvalue weighted by atomic mass is 10.1. The Hall–Kier alpha value is -1.65. The molecule has 5 heteroatoms. The Labute approximate surface area is 99.6 Å². The molecule has 1 aromatic carbocycles. The molecule has 0 radical (unpaired) electrons. The molecule has 0 aliphatic heterocycles. The summed E-state index contributed by atoms with van der Waals surface area (Å²) in [6, 6.07) is 3.87. The second kappa shape index (κ2) is 5.61. The summed E-state index contributed by atoms with van der Waals surface area (Å²) >= 11 is 0. The first-order valence-electron chi connectivity index (χ1n) is 5.51. The van der Waals surface area contributed by atoms with Crippen LogP contribution in [-0.4, -0.2) is 11.0 Å². The zero-order valence-corrected chi connectivity index (χ0v) is 10.1. The number of ether oxygens (including phenoxy) is 1. The molecule has 0 heterocycles. The minimum Gasteiger partial charge on any atom is -0.484 e. The predicted molar refractivity (Wildman–Crippen MR) is 62.6 cm³/mol. The summed E-state index contributed by atoms with van der Waals surface area (Å²) in [5.41, 5.74) is -0.594. The topological polar surface area (TPSA) is 52.4 Å². The van der Waals surface area contributed by atoms with Crippen LogP contribution in [0.4, 0.5) is 10.1 Å². The van der Waals surface area contributed by atoms with E-state index in [1.54, 1.807) is 0 Å². The van der Waals surface area contributed by atoms with Crippen molar-refractivity contribution in [2.75, 3.05) is 0 Å². The second-order valence-corrected chi connectivity index (χ2v) is 4.40. The number of benzene rings is 1. The normalized spacial score (nSPS) is 12.5. The molecule has 17 heavy (non-hydrogen) atoms. The van der Waals surface area contributed by atoms with Crippen molar-refractivity contribution in [3.05, 3.63) is 34.1 Å². The van der Waals surface area contributed by atoms with Crippen molar-refractivity contribution in [1.82, 2.24) is 0 Å². The highest BCUT2D eigenvalue weighted by Gasteiger charge is 2.22. The van der Waals surface area contributed by atoms with E-state index >= 15 is 0 Å². The van der Waals surface area contributed by atoms with E-state index in [-0.39, 0.29) is 11.9 Å². The van der Waals surface area contributed by atoms with E-state index in [0.717, 1.165) is 12.5 Å². The van der Waals surface area contributed by atoms with E-state index in [1.165, 1.54) is 12.1 Å². The molecule has 0 saturated carbocycles. The fraction of sp³-hybridized carbons (Fsp3) is 0.500. The van der Waals surface area contributed by atoms with Gasteiger partial charge in [0.15, 0.2) is 0 Å². The van der Waals surface area contributed by atoms with Crippen LogP contribution < -0.4 is 4.74 Å². The fourth-order valence-electron chi connectivity index (χ4n) is 1.70. The number of nitro groups is 1. The van der Waals surface area contributed by atoms with Crippen molar-refractivity contribution in [3.63, 3.8) is 0 Å². The summed E-state index contributed by atoms with van der Waals surface area (Å²) in [4.78, 5) is 9.97. The summed E-state index contributed by atoms with van der Waals surface area (Å²) in [6.45, 7) is 5.87. The van der Waals surface area contributed by atoms with Crippen LogP contribution in [0, 0.1) is 21.8 Å². The van der Waals surface area contributed by atoms with Gasteiger partial charge < -0.3 is 4.74 Å². The maximum absolute atomic E-state index is 13.3. The predicted octanol–water partition coefficient (Wildman–Crippen LogP) is 3.55. The summed E-state index contributed by atoms with van der Waals surface area (Å²) in [5.74, 6) is -0.468. The lowest BCUT2D eigenvalue weighted by Crippen LogP contribution is -2.15. The standard InChI is InChI=1S/C12H16FNO3/c1-8(2)7-9(3)17-11-6-4-5-10(13)12(11)14(15)16/h4-6,8-9H,7H2,1-3H3. The third-order valence-electron chi connectivity index (χ3n) is 2.26. The summed E-state index contributed by atoms with van der Waals surface area (Å²) < 4.78 is 18.7. The van der Waals surface area contributed by atoms with E-state index in [4.69, 9.17) is 4.74 Å². The van der Waals surface area contributed by atoms with Crippen LogP contribution >= 0.6 is 0 Å². The number of nitro benzene ring substituents is 1. The number of hydrogen-bond acceptors (Lipinski definition) is 3. The van der Waals surface area contributed by atoms with Gasteiger partial charge in [0.1, 0.15) is 0 Å². The Bertz CT molecular complexity index is 407. The second-order valence-electron chi connectivity index (χ2n) is 4.40. The number of nitrogens with zero attached hydrogens (tertiary/aromatic N) is 1. The van der Waals surface area contributed by atoms with Crippen LogP contribution in [0.25, 0.3) is 0 Å². The van der Waals surface area contributed by atoms with Gasteiger partial charge in [-0.1, -0.05) is 19.9 Å². The zero-order chi connectivity index (χ0) is 13.0. The molecule has 0 aromatic heterocycles. The Morgan fingerprint density at radius 1 is 1.41 bits per heavy atom. The lowest BCUT2D eigenvalue weighted by Gasteiger charge is -2.16. The molecule has 0 amide bonds. The van der Waals surface area contributed by atoms with Gasteiger partial charge in [-0.3, -0.25) is 10.1 Å². The fourth-order valence-corrected chi connectivity index (χ4v) is 1.70. The van der Waals surface area contributed by atoms with Gasteiger partial charge in [-0.05, 0) is 31.4 Å². The van der Waals surface area contributed by atoms with Crippen LogP contribution in [0.3, 0.4) is 0 Å². The van der Waals surface area contributed by atoms with Crippen molar-refractivity contribution >= 4 is 5.69 Å². The van der Waals surface area contributed by atoms with E-state index < -0.39 is 16.4 Å². The SMILES string of the molecule is CC(C)CC(C)Oc1cccc(F)c1[N+](=O)[O-]. The quantitative estimate of drug-likeness (QED) is 0.585. The van der Waals surface area contributed by atoms with Crippen LogP contribution in [0.5, 0.6) is 5.75 Å². The third-order valence-corrected chi connectivity index (χ3v) is 2.26. The van der Waals surface area contributed by atoms with Gasteiger partial charge in [-0.25, -0.2) is 0 Å². The smallest absolute Gasteiger partial charge is 0.346 e. The molecule has 0 fully saturated rings. The first-order chi connectivity index (χ1) is 7.91. The largest absolute Gasteiger partial charge is 0.484 e. The first-order valence-corrected chi connectivity index (χ1v) is 5.51. The van der Waals surface area contributed by atoms with Crippen LogP contribution in [-0.2, 0) is 0 Å². The first kappa shape index (κ1) is 13.4. The molecule has 0 saturated heterocycles. The molecular weight excluding hydrogens is 225 g/mol. The van der Waals surface area contributed by atoms with E-state index in [9.17, 15) is 14.5 Å². The number of para-hydroxylation sites is 1. The zero-order valence-electron chi connectivity index (χ0n) is 10.1. The Morgan fingerprint density at radius 3 is 2.59 bits per heavy atom. The maximum atomic E-state index is 13.3. The Morgan fingerprint density at radius 2 is 2.06 bits per heavy atom. The summed E-state index contributed by atoms with van der Waals surface area (Å²) in [7, 11) is 0. The molecule has 1 atom stereocenters. The average molecular weight is 241 g/mol. The van der Waals surface area contributed by atoms with Gasteiger partial charge >= 0.3 is 5.69 Å². The minimum absolute atomic E-state index is 0.0110. The summed E-state index contributed by atoms with van der Waals surface area (Å²) in [5, 5.41) is 10.7. The van der Waals surface area contributed by atoms with Crippen molar-refractivity contribution in [2.24, 2.45) is 5.92 Å². The molecule has 0 N–H and O–H groups in total. The molecule has 94 valence electrons. The number of hydrogen-bond donors (Lipinski definition) is 0. The number of halogens is 1. The highest BCUT2D eigenvalue weighted by Crippen LogP contribution is 2.30. The van der Waals surface area contributed by atoms with Crippen molar-refractivity contribution < 1.29 is 14.1 Å². The molecule has 1 unspecified atom stereocenters. The summed E-state index contributed by atoms with van der Waals surface area (Å²) in [6.07, 6.45) is 0.573. The van der Waals surface area contributed by atoms with Crippen molar-refractivity contribution in [2.45, 2.75) is 33.3 Å². The van der Waals surface area contributed by atoms with Crippen LogP contribution in [0.2, 0.25) is 0 Å². The van der Waals surface area contributed by atoms with Gasteiger partial charge in [0.05, 0.1) is 11.0 Å². The molecule has 0 spiro atoms. The van der Waals surface area contributed by atoms with Gasteiger partial charge in [-0.2, -0.15) is 4.39 Å². The van der Waals surface area contributed by atoms with Crippen LogP contribution in [0.1, 0.15) is 27.2 Å². The molecule has 1 rings (SSSR count). The van der Waals surface area contributed by atoms with E-state index in [0.29, 0.717) is 5.92 Å². The molecular formula is C12H16FNO3. The van der Waals surface area contributed by atoms with Crippen LogP contribution in [0.15, 0.2) is 18.2 Å². The van der Waals surface area contributed by atoms with Gasteiger partial charge in [0.25, 0.3) is 0 Å². The minimum atomic E-state index is -0.871. The van der Waals surface area contributed by atoms with Gasteiger partial charge in [-0.15, -0.1) is 0 Å². The molecule has 0 aliphatic carbocycles. The number of rotatable bonds is 5. The Kier molecular flexibility index (Phi) is 4.43. The van der Waals surface area contributed by atoms with Crippen molar-refractivity contribution in [3.8, 4) is 5.75 Å². The van der Waals surface area contributed by atoms with Gasteiger partial charge in [0.2, 0.25) is 11.6 Å². The van der Waals surface area contributed by atoms with E-state index in [1.807, 2.05) is 20.8 Å². The monoisotopic (exact) mass is 241 g/mol. The average Bonchev–Trinajstić information content (AvgIpc) is 2.15. The third kappa shape index (κ3) is 3.69. The van der Waals surface area contributed by atoms with Crippen molar-refractivity contribution in [1.29, 1.82) is 0 Å². The van der Waals surface area contributed by atoms with Gasteiger partial charge in [0, 0.05) is 0 Å². The Balaban J connectivity index is 2.91. The lowest BCUT2D eigenvalue weighted by molar-refractivity contribution is -0.388. The highest BCUT2D eigenvalue weighted by molar-refractivity contribution is 5.47. The molecule has 1 aromatic rings. The van der Waals surface area contributed by atoms with E-state index in [2.05, 4.69) is 0 Å². The molecule has 4 nitrogen and oxygen atoms in total. The molecule has 0 aliphatic rings. The molecule has 0 bridgehead atoms. The highest BCUT2D eigenvalue weighted by atomic mass is 19.1.